The van der Waals surface area contributed by atoms with Crippen LogP contribution in [0.4, 0.5) is 11.6 Å². The van der Waals surface area contributed by atoms with E-state index in [4.69, 9.17) is 31.2 Å². The third-order valence-corrected chi connectivity index (χ3v) is 9.10. The van der Waals surface area contributed by atoms with E-state index in [2.05, 4.69) is 29.7 Å². The number of anilines is 2. The van der Waals surface area contributed by atoms with Crippen LogP contribution in [0.5, 0.6) is 11.5 Å². The van der Waals surface area contributed by atoms with E-state index in [0.717, 1.165) is 27.9 Å². The van der Waals surface area contributed by atoms with Gasteiger partial charge in [-0.25, -0.2) is 4.68 Å². The fourth-order valence-corrected chi connectivity index (χ4v) is 6.62. The molecule has 0 saturated heterocycles. The Bertz CT molecular complexity index is 1960. The molecule has 2 N–H and O–H groups in total. The zero-order valence-electron chi connectivity index (χ0n) is 26.7. The number of rotatable bonds is 11. The van der Waals surface area contributed by atoms with Crippen LogP contribution in [-0.4, -0.2) is 27.3 Å². The van der Waals surface area contributed by atoms with Gasteiger partial charge < -0.3 is 20.1 Å². The second-order valence-corrected chi connectivity index (χ2v) is 12.6. The molecule has 10 heteroatoms. The van der Waals surface area contributed by atoms with Crippen molar-refractivity contribution in [2.45, 2.75) is 51.3 Å². The van der Waals surface area contributed by atoms with Gasteiger partial charge in [-0.05, 0) is 74.2 Å². The minimum atomic E-state index is -0.595. The van der Waals surface area contributed by atoms with Crippen molar-refractivity contribution in [3.63, 3.8) is 0 Å². The highest BCUT2D eigenvalue weighted by Crippen LogP contribution is 2.40. The lowest BCUT2D eigenvalue weighted by Crippen LogP contribution is -2.31. The second-order valence-electron chi connectivity index (χ2n) is 11.3. The quantitative estimate of drug-likeness (QED) is 0.136. The molecule has 1 atom stereocenters. The number of thioether (sulfide) groups is 1. The van der Waals surface area contributed by atoms with Crippen molar-refractivity contribution in [1.82, 2.24) is 14.8 Å². The zero-order chi connectivity index (χ0) is 32.9. The first kappa shape index (κ1) is 32.2. The van der Waals surface area contributed by atoms with Gasteiger partial charge in [0.25, 0.3) is 5.91 Å². The lowest BCUT2D eigenvalue weighted by Gasteiger charge is -2.29. The molecule has 0 radical (unpaired) electrons. The number of amides is 1. The molecule has 4 aromatic carbocycles. The average Bonchev–Trinajstić information content (AvgIpc) is 3.46. The van der Waals surface area contributed by atoms with Crippen molar-refractivity contribution < 1.29 is 14.3 Å². The molecule has 0 aliphatic carbocycles. The number of hydrogen-bond acceptors (Lipinski definition) is 7. The summed E-state index contributed by atoms with van der Waals surface area (Å²) in [5, 5.41) is 12.6. The normalized spacial score (nSPS) is 13.9. The van der Waals surface area contributed by atoms with Gasteiger partial charge in [0.15, 0.2) is 11.5 Å². The molecular formula is C37H36ClN5O3S. The van der Waals surface area contributed by atoms with Gasteiger partial charge in [-0.3, -0.25) is 4.79 Å². The highest BCUT2D eigenvalue weighted by Gasteiger charge is 2.35. The van der Waals surface area contributed by atoms with Crippen molar-refractivity contribution in [2.75, 3.05) is 17.2 Å². The molecule has 2 heterocycles. The largest absolute Gasteiger partial charge is 0.490 e. The van der Waals surface area contributed by atoms with Crippen LogP contribution >= 0.6 is 23.4 Å². The Labute approximate surface area is 284 Å². The van der Waals surface area contributed by atoms with Gasteiger partial charge in [0, 0.05) is 22.2 Å². The molecule has 1 aliphatic rings. The van der Waals surface area contributed by atoms with Crippen LogP contribution in [0, 0.1) is 13.8 Å². The van der Waals surface area contributed by atoms with Gasteiger partial charge >= 0.3 is 0 Å². The molecule has 0 saturated carbocycles. The van der Waals surface area contributed by atoms with Crippen LogP contribution in [0.25, 0.3) is 0 Å². The lowest BCUT2D eigenvalue weighted by molar-refractivity contribution is -0.113. The summed E-state index contributed by atoms with van der Waals surface area (Å²) >= 11 is 7.90. The van der Waals surface area contributed by atoms with Gasteiger partial charge in [0.1, 0.15) is 12.6 Å². The Morgan fingerprint density at radius 2 is 1.77 bits per heavy atom. The molecule has 47 heavy (non-hydrogen) atoms. The van der Waals surface area contributed by atoms with Gasteiger partial charge in [0.2, 0.25) is 11.1 Å². The number of carbonyl (C=O) groups excluding carboxylic acids is 1. The number of halogens is 1. The molecule has 1 aliphatic heterocycles. The maximum atomic E-state index is 14.1. The first-order valence-corrected chi connectivity index (χ1v) is 16.8. The first-order valence-electron chi connectivity index (χ1n) is 15.4. The molecule has 8 nitrogen and oxygen atoms in total. The molecule has 5 aromatic rings. The Kier molecular flexibility index (Phi) is 9.84. The number of para-hydroxylation sites is 1. The summed E-state index contributed by atoms with van der Waals surface area (Å²) in [4.78, 5) is 18.9. The van der Waals surface area contributed by atoms with Gasteiger partial charge in [-0.1, -0.05) is 95.7 Å². The average molecular weight is 666 g/mol. The smallest absolute Gasteiger partial charge is 0.255 e. The summed E-state index contributed by atoms with van der Waals surface area (Å²) < 4.78 is 14.1. The molecule has 6 rings (SSSR count). The Morgan fingerprint density at radius 3 is 2.55 bits per heavy atom. The van der Waals surface area contributed by atoms with Gasteiger partial charge in [0.05, 0.1) is 12.2 Å². The van der Waals surface area contributed by atoms with E-state index in [0.29, 0.717) is 57.9 Å². The highest BCUT2D eigenvalue weighted by atomic mass is 35.5. The lowest BCUT2D eigenvalue weighted by atomic mass is 9.94. The van der Waals surface area contributed by atoms with E-state index >= 15 is 0 Å². The minimum Gasteiger partial charge on any atom is -0.490 e. The number of hydrogen-bond donors (Lipinski definition) is 2. The van der Waals surface area contributed by atoms with Gasteiger partial charge in [-0.15, -0.1) is 5.10 Å². The predicted molar refractivity (Wildman–Crippen MR) is 188 cm³/mol. The summed E-state index contributed by atoms with van der Waals surface area (Å²) in [6.07, 6.45) is 0. The topological polar surface area (TPSA) is 90.3 Å². The number of aryl methyl sites for hydroxylation is 2. The maximum Gasteiger partial charge on any atom is 0.255 e. The zero-order valence-corrected chi connectivity index (χ0v) is 28.3. The number of nitrogens with one attached hydrogen (secondary N) is 2. The van der Waals surface area contributed by atoms with E-state index in [1.165, 1.54) is 17.3 Å². The molecular weight excluding hydrogens is 630 g/mol. The van der Waals surface area contributed by atoms with Crippen LogP contribution in [0.1, 0.15) is 47.7 Å². The number of ether oxygens (including phenoxy) is 2. The van der Waals surface area contributed by atoms with Crippen molar-refractivity contribution in [3.8, 4) is 11.5 Å². The molecule has 1 amide bonds. The summed E-state index contributed by atoms with van der Waals surface area (Å²) in [7, 11) is 0. The SMILES string of the molecule is CCOc1cc(C2C(C(=O)Nc3ccccc3C)=C(C)Nc3nc(SCc4ccccc4Cl)nn32)ccc1OCc1cccc(C)c1. The standard InChI is InChI=1S/C37H36ClN5O3S/c1-5-45-32-20-27(17-18-31(32)46-21-26-13-10-11-23(2)19-26)34-33(35(44)40-30-16-9-6-12-24(30)3)25(4)39-36-41-37(42-43(34)36)47-22-28-14-7-8-15-29(28)38/h6-20,34H,5,21-22H2,1-4H3,(H,40,44)(H,39,41,42). The molecule has 1 aromatic heterocycles. The van der Waals surface area contributed by atoms with E-state index in [-0.39, 0.29) is 5.91 Å². The van der Waals surface area contributed by atoms with Crippen LogP contribution in [-0.2, 0) is 17.2 Å². The summed E-state index contributed by atoms with van der Waals surface area (Å²) in [6, 6.07) is 28.9. The summed E-state index contributed by atoms with van der Waals surface area (Å²) in [6.45, 7) is 8.70. The van der Waals surface area contributed by atoms with E-state index in [9.17, 15) is 4.79 Å². The van der Waals surface area contributed by atoms with Crippen molar-refractivity contribution >= 4 is 40.9 Å². The maximum absolute atomic E-state index is 14.1. The number of benzene rings is 4. The molecule has 240 valence electrons. The number of fused-ring (bicyclic) bond motifs is 1. The number of carbonyl (C=O) groups is 1. The summed E-state index contributed by atoms with van der Waals surface area (Å²) in [5.74, 6) is 2.11. The van der Waals surface area contributed by atoms with Crippen LogP contribution in [0.3, 0.4) is 0 Å². The number of allylic oxidation sites excluding steroid dienone is 1. The number of nitrogens with zero attached hydrogens (tertiary/aromatic N) is 3. The Hall–Kier alpha value is -4.73. The monoisotopic (exact) mass is 665 g/mol. The van der Waals surface area contributed by atoms with Crippen LogP contribution < -0.4 is 20.1 Å². The summed E-state index contributed by atoms with van der Waals surface area (Å²) in [5.41, 5.74) is 6.94. The van der Waals surface area contributed by atoms with E-state index < -0.39 is 6.04 Å². The minimum absolute atomic E-state index is 0.238. The molecule has 1 unspecified atom stereocenters. The fourth-order valence-electron chi connectivity index (χ4n) is 5.50. The molecule has 0 bridgehead atoms. The first-order chi connectivity index (χ1) is 22.8. The van der Waals surface area contributed by atoms with Crippen molar-refractivity contribution in [3.05, 3.63) is 135 Å². The van der Waals surface area contributed by atoms with Crippen molar-refractivity contribution in [1.29, 1.82) is 0 Å². The molecule has 0 spiro atoms. The third-order valence-electron chi connectivity index (χ3n) is 7.85. The second kappa shape index (κ2) is 14.4. The molecule has 0 fully saturated rings. The van der Waals surface area contributed by atoms with Crippen molar-refractivity contribution in [2.24, 2.45) is 0 Å². The Morgan fingerprint density at radius 1 is 0.957 bits per heavy atom. The number of aromatic nitrogens is 3. The van der Waals surface area contributed by atoms with E-state index in [1.54, 1.807) is 4.68 Å². The van der Waals surface area contributed by atoms with Crippen LogP contribution in [0.2, 0.25) is 5.02 Å². The fraction of sp³-hybridized carbons (Fsp3) is 0.216. The predicted octanol–water partition coefficient (Wildman–Crippen LogP) is 8.75. The van der Waals surface area contributed by atoms with Gasteiger partial charge in [-0.2, -0.15) is 4.98 Å². The third kappa shape index (κ3) is 7.32. The van der Waals surface area contributed by atoms with Crippen LogP contribution in [0.15, 0.2) is 107 Å². The Balaban J connectivity index is 1.36. The highest BCUT2D eigenvalue weighted by molar-refractivity contribution is 7.98. The van der Waals surface area contributed by atoms with E-state index in [1.807, 2.05) is 99.6 Å².